The monoisotopic (exact) mass is 320 g/mol. The average Bonchev–Trinajstić information content (AvgIpc) is 3.12. The zero-order valence-electron chi connectivity index (χ0n) is 12.6. The number of methoxy groups -OCH3 is 1. The Balaban J connectivity index is 1.77. The summed E-state index contributed by atoms with van der Waals surface area (Å²) in [6.07, 6.45) is 1.65. The van der Waals surface area contributed by atoms with Crippen LogP contribution in [0, 0.1) is 0 Å². The highest BCUT2D eigenvalue weighted by molar-refractivity contribution is 5.90. The van der Waals surface area contributed by atoms with E-state index in [1.165, 1.54) is 4.90 Å². The summed E-state index contributed by atoms with van der Waals surface area (Å²) in [6, 6.07) is 5.50. The van der Waals surface area contributed by atoms with E-state index in [4.69, 9.17) is 9.84 Å². The van der Waals surface area contributed by atoms with Crippen LogP contribution in [0.15, 0.2) is 24.4 Å². The van der Waals surface area contributed by atoms with Crippen molar-refractivity contribution in [2.24, 2.45) is 0 Å². The van der Waals surface area contributed by atoms with Gasteiger partial charge >= 0.3 is 5.97 Å². The molecule has 1 saturated heterocycles. The summed E-state index contributed by atoms with van der Waals surface area (Å²) in [7, 11) is 1.57. The molecule has 23 heavy (non-hydrogen) atoms. The van der Waals surface area contributed by atoms with E-state index in [9.17, 15) is 14.0 Å². The van der Waals surface area contributed by atoms with E-state index in [0.29, 0.717) is 5.75 Å². The molecule has 122 valence electrons. The van der Waals surface area contributed by atoms with Crippen LogP contribution in [-0.2, 0) is 16.0 Å². The Morgan fingerprint density at radius 1 is 1.48 bits per heavy atom. The lowest BCUT2D eigenvalue weighted by atomic mass is 10.1. The normalized spacial score (nSPS) is 20.9. The van der Waals surface area contributed by atoms with Crippen molar-refractivity contribution in [3.05, 3.63) is 30.0 Å². The summed E-state index contributed by atoms with van der Waals surface area (Å²) in [5, 5.41) is 9.76. The zero-order valence-corrected chi connectivity index (χ0v) is 12.6. The van der Waals surface area contributed by atoms with Crippen molar-refractivity contribution in [3.63, 3.8) is 0 Å². The van der Waals surface area contributed by atoms with Crippen LogP contribution in [0.1, 0.15) is 12.0 Å². The molecule has 0 spiro atoms. The van der Waals surface area contributed by atoms with Gasteiger partial charge in [0, 0.05) is 30.1 Å². The number of amides is 1. The third-order valence-electron chi connectivity index (χ3n) is 4.27. The molecular formula is C16H17FN2O4. The predicted molar refractivity (Wildman–Crippen MR) is 81.2 cm³/mol. The molecule has 1 aromatic heterocycles. The number of hydrogen-bond acceptors (Lipinski definition) is 3. The maximum absolute atomic E-state index is 14.1. The molecular weight excluding hydrogens is 303 g/mol. The van der Waals surface area contributed by atoms with Crippen molar-refractivity contribution in [2.45, 2.75) is 18.5 Å². The lowest BCUT2D eigenvalue weighted by Crippen LogP contribution is -2.39. The largest absolute Gasteiger partial charge is 0.497 e. The number of ether oxygens (including phenoxy) is 1. The Labute approximate surface area is 131 Å². The van der Waals surface area contributed by atoms with Crippen LogP contribution >= 0.6 is 0 Å². The zero-order chi connectivity index (χ0) is 16.6. The highest BCUT2D eigenvalue weighted by Gasteiger charge is 2.46. The minimum Gasteiger partial charge on any atom is -0.497 e. The number of aromatic nitrogens is 1. The first-order valence-corrected chi connectivity index (χ1v) is 7.27. The van der Waals surface area contributed by atoms with Gasteiger partial charge in [-0.25, -0.2) is 9.18 Å². The molecule has 3 rings (SSSR count). The van der Waals surface area contributed by atoms with Gasteiger partial charge in [-0.15, -0.1) is 0 Å². The Morgan fingerprint density at radius 2 is 2.26 bits per heavy atom. The summed E-state index contributed by atoms with van der Waals surface area (Å²) >= 11 is 0. The summed E-state index contributed by atoms with van der Waals surface area (Å²) in [6.45, 7) is -0.278. The molecule has 0 aliphatic carbocycles. The number of alkyl halides is 1. The first-order chi connectivity index (χ1) is 10.9. The highest BCUT2D eigenvalue weighted by Crippen LogP contribution is 2.28. The lowest BCUT2D eigenvalue weighted by molar-refractivity contribution is -0.150. The predicted octanol–water partition coefficient (Wildman–Crippen LogP) is 1.74. The van der Waals surface area contributed by atoms with Crippen molar-refractivity contribution < 1.29 is 23.8 Å². The maximum atomic E-state index is 14.1. The number of H-pyrrole nitrogens is 1. The molecule has 2 aromatic rings. The maximum Gasteiger partial charge on any atom is 0.343 e. The second kappa shape index (κ2) is 5.57. The molecule has 1 aliphatic heterocycles. The van der Waals surface area contributed by atoms with Crippen molar-refractivity contribution in [3.8, 4) is 5.75 Å². The molecule has 0 radical (unpaired) electrons. The van der Waals surface area contributed by atoms with Gasteiger partial charge in [-0.3, -0.25) is 4.79 Å². The molecule has 2 heterocycles. The minimum absolute atomic E-state index is 0.0862. The van der Waals surface area contributed by atoms with Gasteiger partial charge in [0.15, 0.2) is 0 Å². The Kier molecular flexibility index (Phi) is 3.71. The SMILES string of the molecule is COc1ccc2[nH]cc(CC(=O)N3CCC(F)(C(=O)O)C3)c2c1. The van der Waals surface area contributed by atoms with E-state index in [0.717, 1.165) is 16.5 Å². The van der Waals surface area contributed by atoms with E-state index in [1.54, 1.807) is 13.3 Å². The van der Waals surface area contributed by atoms with Crippen LogP contribution in [0.25, 0.3) is 10.9 Å². The molecule has 6 nitrogen and oxygen atoms in total. The Morgan fingerprint density at radius 3 is 2.91 bits per heavy atom. The molecule has 0 bridgehead atoms. The van der Waals surface area contributed by atoms with E-state index in [1.807, 2.05) is 18.2 Å². The molecule has 7 heteroatoms. The average molecular weight is 320 g/mol. The fourth-order valence-corrected chi connectivity index (χ4v) is 2.87. The molecule has 1 aromatic carbocycles. The number of carboxylic acid groups (broad SMARTS) is 1. The topological polar surface area (TPSA) is 82.6 Å². The fraction of sp³-hybridized carbons (Fsp3) is 0.375. The summed E-state index contributed by atoms with van der Waals surface area (Å²) in [5.41, 5.74) is -0.685. The van der Waals surface area contributed by atoms with Gasteiger partial charge in [0.25, 0.3) is 0 Å². The number of halogens is 1. The standard InChI is InChI=1S/C16H17FN2O4/c1-23-11-2-3-13-12(7-11)10(8-18-13)6-14(20)19-5-4-16(17,9-19)15(21)22/h2-3,7-8,18H,4-6,9H2,1H3,(H,21,22). The number of aromatic amines is 1. The van der Waals surface area contributed by atoms with E-state index < -0.39 is 18.2 Å². The van der Waals surface area contributed by atoms with Crippen molar-refractivity contribution in [2.75, 3.05) is 20.2 Å². The van der Waals surface area contributed by atoms with Gasteiger partial charge < -0.3 is 19.7 Å². The molecule has 2 N–H and O–H groups in total. The highest BCUT2D eigenvalue weighted by atomic mass is 19.1. The lowest BCUT2D eigenvalue weighted by Gasteiger charge is -2.17. The first-order valence-electron chi connectivity index (χ1n) is 7.27. The van der Waals surface area contributed by atoms with Crippen molar-refractivity contribution in [1.82, 2.24) is 9.88 Å². The molecule has 0 saturated carbocycles. The number of fused-ring (bicyclic) bond motifs is 1. The van der Waals surface area contributed by atoms with Gasteiger partial charge in [0.05, 0.1) is 20.1 Å². The fourth-order valence-electron chi connectivity index (χ4n) is 2.87. The third kappa shape index (κ3) is 2.74. The van der Waals surface area contributed by atoms with E-state index in [-0.39, 0.29) is 25.3 Å². The molecule has 1 unspecified atom stereocenters. The van der Waals surface area contributed by atoms with Gasteiger partial charge in [-0.1, -0.05) is 0 Å². The Bertz CT molecular complexity index is 773. The molecule has 1 amide bonds. The number of carboxylic acids is 1. The first kappa shape index (κ1) is 15.3. The van der Waals surface area contributed by atoms with E-state index in [2.05, 4.69) is 4.98 Å². The third-order valence-corrected chi connectivity index (χ3v) is 4.27. The summed E-state index contributed by atoms with van der Waals surface area (Å²) in [5.74, 6) is -1.11. The quantitative estimate of drug-likeness (QED) is 0.899. The van der Waals surface area contributed by atoms with E-state index >= 15 is 0 Å². The van der Waals surface area contributed by atoms with Crippen LogP contribution in [-0.4, -0.2) is 52.7 Å². The molecule has 1 atom stereocenters. The second-order valence-corrected chi connectivity index (χ2v) is 5.74. The number of nitrogens with one attached hydrogen (secondary N) is 1. The minimum atomic E-state index is -2.33. The molecule has 1 fully saturated rings. The molecule has 1 aliphatic rings. The van der Waals surface area contributed by atoms with Gasteiger partial charge in [-0.05, 0) is 23.8 Å². The van der Waals surface area contributed by atoms with Gasteiger partial charge in [0.2, 0.25) is 11.6 Å². The number of benzene rings is 1. The smallest absolute Gasteiger partial charge is 0.343 e. The second-order valence-electron chi connectivity index (χ2n) is 5.74. The number of carbonyl (C=O) groups excluding carboxylic acids is 1. The van der Waals surface area contributed by atoms with Gasteiger partial charge in [-0.2, -0.15) is 0 Å². The number of hydrogen-bond donors (Lipinski definition) is 2. The van der Waals surface area contributed by atoms with Crippen LogP contribution in [0.4, 0.5) is 4.39 Å². The van der Waals surface area contributed by atoms with Crippen LogP contribution in [0.2, 0.25) is 0 Å². The number of rotatable bonds is 4. The van der Waals surface area contributed by atoms with Crippen LogP contribution in [0.5, 0.6) is 5.75 Å². The van der Waals surface area contributed by atoms with Crippen LogP contribution in [0.3, 0.4) is 0 Å². The number of aliphatic carboxylic acids is 1. The van der Waals surface area contributed by atoms with Gasteiger partial charge in [0.1, 0.15) is 5.75 Å². The number of likely N-dealkylation sites (tertiary alicyclic amines) is 1. The van der Waals surface area contributed by atoms with Crippen LogP contribution < -0.4 is 4.74 Å². The number of nitrogens with zero attached hydrogens (tertiary/aromatic N) is 1. The van der Waals surface area contributed by atoms with Crippen molar-refractivity contribution in [1.29, 1.82) is 0 Å². The van der Waals surface area contributed by atoms with Crippen molar-refractivity contribution >= 4 is 22.8 Å². The number of carbonyl (C=O) groups is 2. The summed E-state index contributed by atoms with van der Waals surface area (Å²) < 4.78 is 19.2. The summed E-state index contributed by atoms with van der Waals surface area (Å²) in [4.78, 5) is 27.6. The Hall–Kier alpha value is -2.57.